The zero-order valence-corrected chi connectivity index (χ0v) is 12.2. The van der Waals surface area contributed by atoms with E-state index in [1.165, 1.54) is 5.57 Å². The summed E-state index contributed by atoms with van der Waals surface area (Å²) in [6.45, 7) is 13.0. The van der Waals surface area contributed by atoms with Crippen molar-refractivity contribution >= 4 is 0 Å². The lowest BCUT2D eigenvalue weighted by atomic mass is 9.75. The van der Waals surface area contributed by atoms with Crippen molar-refractivity contribution in [3.05, 3.63) is 23.8 Å². The standard InChI is InChI=1S/C16H28O/c1-7-16(6,13(3)17)11-10-14-9-8-12(2)15(14,4)5/h8,10-11,13-14,17H,7,9H2,1-6H3/b11-10+/t13?,14-,16?/m0/s1. The van der Waals surface area contributed by atoms with E-state index in [4.69, 9.17) is 0 Å². The van der Waals surface area contributed by atoms with Gasteiger partial charge in [0.05, 0.1) is 6.10 Å². The SMILES string of the molecule is CCC(C)(/C=C/[C@@H]1CC=C(C)C1(C)C)C(C)O. The van der Waals surface area contributed by atoms with Crippen LogP contribution in [0.25, 0.3) is 0 Å². The number of hydrogen-bond acceptors (Lipinski definition) is 1. The zero-order valence-electron chi connectivity index (χ0n) is 12.2. The van der Waals surface area contributed by atoms with Crippen LogP contribution in [0.1, 0.15) is 54.4 Å². The quantitative estimate of drug-likeness (QED) is 0.720. The Morgan fingerprint density at radius 3 is 2.53 bits per heavy atom. The molecule has 98 valence electrons. The normalized spacial score (nSPS) is 29.1. The second kappa shape index (κ2) is 4.97. The predicted octanol–water partition coefficient (Wildman–Crippen LogP) is 4.33. The van der Waals surface area contributed by atoms with E-state index in [9.17, 15) is 5.11 Å². The van der Waals surface area contributed by atoms with Gasteiger partial charge in [0.1, 0.15) is 0 Å². The van der Waals surface area contributed by atoms with Gasteiger partial charge >= 0.3 is 0 Å². The van der Waals surface area contributed by atoms with Gasteiger partial charge in [-0.15, -0.1) is 0 Å². The van der Waals surface area contributed by atoms with E-state index in [0.717, 1.165) is 12.8 Å². The first kappa shape index (κ1) is 14.5. The average molecular weight is 236 g/mol. The van der Waals surface area contributed by atoms with Crippen LogP contribution in [0, 0.1) is 16.7 Å². The van der Waals surface area contributed by atoms with Gasteiger partial charge in [-0.2, -0.15) is 0 Å². The van der Waals surface area contributed by atoms with Crippen molar-refractivity contribution in [3.8, 4) is 0 Å². The van der Waals surface area contributed by atoms with Gasteiger partial charge < -0.3 is 5.11 Å². The molecule has 0 radical (unpaired) electrons. The van der Waals surface area contributed by atoms with Crippen molar-refractivity contribution in [2.75, 3.05) is 0 Å². The molecule has 17 heavy (non-hydrogen) atoms. The molecular formula is C16H28O. The van der Waals surface area contributed by atoms with E-state index in [1.807, 2.05) is 6.92 Å². The lowest BCUT2D eigenvalue weighted by molar-refractivity contribution is 0.0837. The van der Waals surface area contributed by atoms with E-state index in [2.05, 4.69) is 52.8 Å². The fourth-order valence-corrected chi connectivity index (χ4v) is 2.36. The molecular weight excluding hydrogens is 208 g/mol. The molecule has 0 saturated heterocycles. The molecule has 1 nitrogen and oxygen atoms in total. The predicted molar refractivity (Wildman–Crippen MR) is 74.9 cm³/mol. The molecule has 0 aromatic rings. The van der Waals surface area contributed by atoms with Crippen LogP contribution in [0.4, 0.5) is 0 Å². The highest BCUT2D eigenvalue weighted by molar-refractivity contribution is 5.22. The van der Waals surface area contributed by atoms with Crippen molar-refractivity contribution in [1.82, 2.24) is 0 Å². The first-order valence-electron chi connectivity index (χ1n) is 6.78. The molecule has 0 aromatic carbocycles. The lowest BCUT2D eigenvalue weighted by Crippen LogP contribution is -2.27. The van der Waals surface area contributed by atoms with E-state index < -0.39 is 0 Å². The smallest absolute Gasteiger partial charge is 0.0599 e. The molecule has 0 amide bonds. The van der Waals surface area contributed by atoms with Crippen LogP contribution >= 0.6 is 0 Å². The Kier molecular flexibility index (Phi) is 4.24. The van der Waals surface area contributed by atoms with Gasteiger partial charge in [-0.3, -0.25) is 0 Å². The van der Waals surface area contributed by atoms with E-state index in [0.29, 0.717) is 5.92 Å². The van der Waals surface area contributed by atoms with Gasteiger partial charge in [-0.1, -0.05) is 51.5 Å². The largest absolute Gasteiger partial charge is 0.393 e. The minimum Gasteiger partial charge on any atom is -0.393 e. The lowest BCUT2D eigenvalue weighted by Gasteiger charge is -2.31. The highest BCUT2D eigenvalue weighted by atomic mass is 16.3. The van der Waals surface area contributed by atoms with Crippen molar-refractivity contribution in [3.63, 3.8) is 0 Å². The van der Waals surface area contributed by atoms with Crippen LogP contribution in [-0.4, -0.2) is 11.2 Å². The molecule has 1 N–H and O–H groups in total. The third-order valence-electron chi connectivity index (χ3n) is 5.05. The molecule has 2 unspecified atom stereocenters. The first-order chi connectivity index (χ1) is 7.74. The first-order valence-corrected chi connectivity index (χ1v) is 6.78. The summed E-state index contributed by atoms with van der Waals surface area (Å²) in [6, 6.07) is 0. The molecule has 1 heteroatoms. The Bertz CT molecular complexity index is 322. The minimum absolute atomic E-state index is 0.0907. The summed E-state index contributed by atoms with van der Waals surface area (Å²) < 4.78 is 0. The number of aliphatic hydroxyl groups is 1. The summed E-state index contributed by atoms with van der Waals surface area (Å²) in [5.74, 6) is 0.576. The summed E-state index contributed by atoms with van der Waals surface area (Å²) in [4.78, 5) is 0. The molecule has 0 bridgehead atoms. The third-order valence-corrected chi connectivity index (χ3v) is 5.05. The van der Waals surface area contributed by atoms with Gasteiger partial charge in [0.15, 0.2) is 0 Å². The fraction of sp³-hybridized carbons (Fsp3) is 0.750. The summed E-state index contributed by atoms with van der Waals surface area (Å²) in [5, 5.41) is 9.86. The summed E-state index contributed by atoms with van der Waals surface area (Å²) in [6.07, 6.45) is 8.72. The molecule has 0 heterocycles. The molecule has 1 aliphatic carbocycles. The minimum atomic E-state index is -0.290. The van der Waals surface area contributed by atoms with Crippen molar-refractivity contribution in [2.45, 2.75) is 60.5 Å². The maximum Gasteiger partial charge on any atom is 0.0599 e. The van der Waals surface area contributed by atoms with Crippen LogP contribution in [0.15, 0.2) is 23.8 Å². The van der Waals surface area contributed by atoms with Gasteiger partial charge in [-0.05, 0) is 38.0 Å². The van der Waals surface area contributed by atoms with Gasteiger partial charge in [0.25, 0.3) is 0 Å². The molecule has 3 atom stereocenters. The summed E-state index contributed by atoms with van der Waals surface area (Å²) >= 11 is 0. The van der Waals surface area contributed by atoms with Gasteiger partial charge in [0.2, 0.25) is 0 Å². The molecule has 1 aliphatic rings. The average Bonchev–Trinajstić information content (AvgIpc) is 2.51. The van der Waals surface area contributed by atoms with Crippen molar-refractivity contribution in [1.29, 1.82) is 0 Å². The van der Waals surface area contributed by atoms with Crippen molar-refractivity contribution in [2.24, 2.45) is 16.7 Å². The molecule has 0 spiro atoms. The Hall–Kier alpha value is -0.560. The van der Waals surface area contributed by atoms with Crippen LogP contribution in [0.2, 0.25) is 0 Å². The Labute approximate surface area is 107 Å². The highest BCUT2D eigenvalue weighted by Crippen LogP contribution is 2.44. The fourth-order valence-electron chi connectivity index (χ4n) is 2.36. The molecule has 0 aromatic heterocycles. The monoisotopic (exact) mass is 236 g/mol. The Morgan fingerprint density at radius 2 is 2.18 bits per heavy atom. The van der Waals surface area contributed by atoms with E-state index in [1.54, 1.807) is 0 Å². The Balaban J connectivity index is 2.80. The molecule has 0 aliphatic heterocycles. The summed E-state index contributed by atoms with van der Waals surface area (Å²) in [5.41, 5.74) is 1.67. The van der Waals surface area contributed by atoms with E-state index in [-0.39, 0.29) is 16.9 Å². The van der Waals surface area contributed by atoms with Crippen LogP contribution in [0.3, 0.4) is 0 Å². The second-order valence-corrected chi connectivity index (χ2v) is 6.35. The Morgan fingerprint density at radius 1 is 1.59 bits per heavy atom. The maximum atomic E-state index is 9.86. The number of rotatable bonds is 4. The highest BCUT2D eigenvalue weighted by Gasteiger charge is 2.34. The number of allylic oxidation sites excluding steroid dienone is 3. The second-order valence-electron chi connectivity index (χ2n) is 6.35. The summed E-state index contributed by atoms with van der Waals surface area (Å²) in [7, 11) is 0. The molecule has 1 rings (SSSR count). The zero-order chi connectivity index (χ0) is 13.3. The van der Waals surface area contributed by atoms with Gasteiger partial charge in [0, 0.05) is 5.41 Å². The van der Waals surface area contributed by atoms with Gasteiger partial charge in [-0.25, -0.2) is 0 Å². The van der Waals surface area contributed by atoms with Crippen LogP contribution < -0.4 is 0 Å². The molecule has 0 saturated carbocycles. The molecule has 0 fully saturated rings. The van der Waals surface area contributed by atoms with Crippen molar-refractivity contribution < 1.29 is 5.11 Å². The van der Waals surface area contributed by atoms with Crippen LogP contribution in [-0.2, 0) is 0 Å². The van der Waals surface area contributed by atoms with E-state index >= 15 is 0 Å². The third kappa shape index (κ3) is 2.82. The van der Waals surface area contributed by atoms with Crippen LogP contribution in [0.5, 0.6) is 0 Å². The topological polar surface area (TPSA) is 20.2 Å². The number of hydrogen-bond donors (Lipinski definition) is 1. The number of aliphatic hydroxyl groups excluding tert-OH is 1. The maximum absolute atomic E-state index is 9.86.